The predicted octanol–water partition coefficient (Wildman–Crippen LogP) is 5.04. The lowest BCUT2D eigenvalue weighted by Crippen LogP contribution is -1.90. The zero-order valence-corrected chi connectivity index (χ0v) is 13.1. The van der Waals surface area contributed by atoms with E-state index in [-0.39, 0.29) is 0 Å². The first-order valence-electron chi connectivity index (χ1n) is 7.61. The Kier molecular flexibility index (Phi) is 4.75. The van der Waals surface area contributed by atoms with E-state index in [1.54, 1.807) is 12.4 Å². The predicted molar refractivity (Wildman–Crippen MR) is 96.6 cm³/mol. The Morgan fingerprint density at radius 3 is 2.17 bits per heavy atom. The number of nitrogens with zero attached hydrogens (tertiary/aromatic N) is 2. The van der Waals surface area contributed by atoms with Gasteiger partial charge in [-0.2, -0.15) is 0 Å². The van der Waals surface area contributed by atoms with Crippen LogP contribution < -0.4 is 0 Å². The van der Waals surface area contributed by atoms with E-state index in [4.69, 9.17) is 0 Å². The molecule has 0 bridgehead atoms. The molecule has 0 aliphatic heterocycles. The highest BCUT2D eigenvalue weighted by Crippen LogP contribution is 2.21. The molecule has 2 nitrogen and oxygen atoms in total. The molecule has 23 heavy (non-hydrogen) atoms. The van der Waals surface area contributed by atoms with E-state index in [1.165, 1.54) is 5.56 Å². The molecule has 0 saturated carbocycles. The summed E-state index contributed by atoms with van der Waals surface area (Å²) in [6, 6.07) is 20.6. The molecule has 1 aromatic heterocycles. The number of allylic oxidation sites excluding steroid dienone is 2. The summed E-state index contributed by atoms with van der Waals surface area (Å²) >= 11 is 0. The van der Waals surface area contributed by atoms with Gasteiger partial charge in [0.15, 0.2) is 0 Å². The first-order valence-corrected chi connectivity index (χ1v) is 7.61. The first kappa shape index (κ1) is 14.9. The number of rotatable bonds is 4. The average molecular weight is 298 g/mol. The Morgan fingerprint density at radius 1 is 0.826 bits per heavy atom. The topological polar surface area (TPSA) is 25.8 Å². The Labute approximate surface area is 136 Å². The van der Waals surface area contributed by atoms with Gasteiger partial charge in [-0.25, -0.2) is 0 Å². The summed E-state index contributed by atoms with van der Waals surface area (Å²) in [5, 5.41) is 0. The molecule has 0 aliphatic carbocycles. The van der Waals surface area contributed by atoms with Gasteiger partial charge in [0.05, 0.1) is 11.4 Å². The standard InChI is InChI=1S/C21H18N2/c1-17-21(23-15-14-22-17)16-20(19-10-6-3-7-11-19)13-12-18-8-4-2-5-9-18/h2-16H,1H3/b13-12+,20-16-. The van der Waals surface area contributed by atoms with Crippen molar-refractivity contribution in [2.24, 2.45) is 0 Å². The summed E-state index contributed by atoms with van der Waals surface area (Å²) in [6.45, 7) is 1.97. The van der Waals surface area contributed by atoms with Gasteiger partial charge in [0, 0.05) is 12.4 Å². The van der Waals surface area contributed by atoms with Crippen LogP contribution >= 0.6 is 0 Å². The maximum atomic E-state index is 4.43. The zero-order chi connectivity index (χ0) is 15.9. The lowest BCUT2D eigenvalue weighted by atomic mass is 10.0. The molecular formula is C21H18N2. The van der Waals surface area contributed by atoms with Crippen LogP contribution in [-0.2, 0) is 0 Å². The second-order valence-electron chi connectivity index (χ2n) is 5.24. The van der Waals surface area contributed by atoms with E-state index in [1.807, 2.05) is 43.3 Å². The molecule has 1 heterocycles. The Balaban J connectivity index is 2.01. The minimum absolute atomic E-state index is 0.893. The largest absolute Gasteiger partial charge is 0.258 e. The minimum atomic E-state index is 0.893. The van der Waals surface area contributed by atoms with E-state index in [0.29, 0.717) is 0 Å². The van der Waals surface area contributed by atoms with Crippen LogP contribution in [0.2, 0.25) is 0 Å². The van der Waals surface area contributed by atoms with Crippen molar-refractivity contribution in [3.05, 3.63) is 102 Å². The summed E-state index contributed by atoms with van der Waals surface area (Å²) in [5.74, 6) is 0. The number of benzene rings is 2. The van der Waals surface area contributed by atoms with Crippen LogP contribution in [0, 0.1) is 6.92 Å². The Hall–Kier alpha value is -3.00. The van der Waals surface area contributed by atoms with E-state index < -0.39 is 0 Å². The summed E-state index contributed by atoms with van der Waals surface area (Å²) in [4.78, 5) is 8.74. The molecule has 0 saturated heterocycles. The molecule has 0 unspecified atom stereocenters. The van der Waals surface area contributed by atoms with Gasteiger partial charge in [0.25, 0.3) is 0 Å². The molecule has 112 valence electrons. The molecule has 2 heteroatoms. The van der Waals surface area contributed by atoms with Crippen LogP contribution in [0.4, 0.5) is 0 Å². The molecule has 3 rings (SSSR count). The van der Waals surface area contributed by atoms with Crippen LogP contribution in [-0.4, -0.2) is 9.97 Å². The third kappa shape index (κ3) is 4.01. The van der Waals surface area contributed by atoms with Gasteiger partial charge >= 0.3 is 0 Å². The Morgan fingerprint density at radius 2 is 1.48 bits per heavy atom. The maximum Gasteiger partial charge on any atom is 0.0848 e. The zero-order valence-electron chi connectivity index (χ0n) is 13.1. The highest BCUT2D eigenvalue weighted by atomic mass is 14.8. The van der Waals surface area contributed by atoms with Gasteiger partial charge in [0.1, 0.15) is 0 Å². The van der Waals surface area contributed by atoms with Crippen molar-refractivity contribution in [3.63, 3.8) is 0 Å². The van der Waals surface area contributed by atoms with E-state index >= 15 is 0 Å². The molecule has 0 atom stereocenters. The molecule has 0 N–H and O–H groups in total. The molecule has 3 aromatic rings. The lowest BCUT2D eigenvalue weighted by molar-refractivity contribution is 1.10. The summed E-state index contributed by atoms with van der Waals surface area (Å²) in [5.41, 5.74) is 5.26. The van der Waals surface area contributed by atoms with Crippen molar-refractivity contribution >= 4 is 17.7 Å². The summed E-state index contributed by atoms with van der Waals surface area (Å²) in [6.07, 6.45) is 9.76. The van der Waals surface area contributed by atoms with Crippen molar-refractivity contribution in [1.82, 2.24) is 9.97 Å². The van der Waals surface area contributed by atoms with Crippen LogP contribution in [0.3, 0.4) is 0 Å². The van der Waals surface area contributed by atoms with Crippen molar-refractivity contribution in [2.75, 3.05) is 0 Å². The van der Waals surface area contributed by atoms with Gasteiger partial charge in [-0.1, -0.05) is 72.8 Å². The average Bonchev–Trinajstić information content (AvgIpc) is 2.62. The summed E-state index contributed by atoms with van der Waals surface area (Å²) in [7, 11) is 0. The molecule has 0 amide bonds. The molecule has 0 spiro atoms. The number of aryl methyl sites for hydroxylation is 1. The van der Waals surface area contributed by atoms with Gasteiger partial charge < -0.3 is 0 Å². The van der Waals surface area contributed by atoms with Gasteiger partial charge in [-0.05, 0) is 29.7 Å². The van der Waals surface area contributed by atoms with Crippen LogP contribution in [0.25, 0.3) is 17.7 Å². The minimum Gasteiger partial charge on any atom is -0.258 e. The fourth-order valence-corrected chi connectivity index (χ4v) is 2.32. The molecular weight excluding hydrogens is 280 g/mol. The third-order valence-electron chi connectivity index (χ3n) is 3.57. The summed E-state index contributed by atoms with van der Waals surface area (Å²) < 4.78 is 0. The highest BCUT2D eigenvalue weighted by molar-refractivity contribution is 5.89. The lowest BCUT2D eigenvalue weighted by Gasteiger charge is -2.04. The molecule has 0 fully saturated rings. The molecule has 0 radical (unpaired) electrons. The van der Waals surface area contributed by atoms with Crippen LogP contribution in [0.5, 0.6) is 0 Å². The second-order valence-corrected chi connectivity index (χ2v) is 5.24. The number of hydrogen-bond donors (Lipinski definition) is 0. The number of hydrogen-bond acceptors (Lipinski definition) is 2. The normalized spacial score (nSPS) is 11.8. The maximum absolute atomic E-state index is 4.43. The fraction of sp³-hybridized carbons (Fsp3) is 0.0476. The quantitative estimate of drug-likeness (QED) is 0.631. The van der Waals surface area contributed by atoms with E-state index in [9.17, 15) is 0 Å². The SMILES string of the molecule is Cc1nccnc1/C=C(/C=C/c1ccccc1)c1ccccc1. The van der Waals surface area contributed by atoms with Gasteiger partial charge in [-0.15, -0.1) is 0 Å². The van der Waals surface area contributed by atoms with Crippen LogP contribution in [0.1, 0.15) is 22.5 Å². The van der Waals surface area contributed by atoms with Crippen LogP contribution in [0.15, 0.2) is 79.1 Å². The molecule has 0 aliphatic rings. The van der Waals surface area contributed by atoms with Crippen molar-refractivity contribution in [1.29, 1.82) is 0 Å². The Bertz CT molecular complexity index is 819. The van der Waals surface area contributed by atoms with Crippen molar-refractivity contribution in [3.8, 4) is 0 Å². The molecule has 2 aromatic carbocycles. The third-order valence-corrected chi connectivity index (χ3v) is 3.57. The van der Waals surface area contributed by atoms with Crippen molar-refractivity contribution in [2.45, 2.75) is 6.92 Å². The van der Waals surface area contributed by atoms with Gasteiger partial charge in [-0.3, -0.25) is 9.97 Å². The monoisotopic (exact) mass is 298 g/mol. The fourth-order valence-electron chi connectivity index (χ4n) is 2.32. The van der Waals surface area contributed by atoms with Crippen molar-refractivity contribution < 1.29 is 0 Å². The smallest absolute Gasteiger partial charge is 0.0848 e. The van der Waals surface area contributed by atoms with E-state index in [0.717, 1.165) is 22.5 Å². The second kappa shape index (κ2) is 7.32. The van der Waals surface area contributed by atoms with E-state index in [2.05, 4.69) is 52.5 Å². The first-order chi connectivity index (χ1) is 11.3. The van der Waals surface area contributed by atoms with Gasteiger partial charge in [0.2, 0.25) is 0 Å². The number of aromatic nitrogens is 2. The highest BCUT2D eigenvalue weighted by Gasteiger charge is 2.01.